The van der Waals surface area contributed by atoms with Crippen LogP contribution >= 0.6 is 0 Å². The number of carboxylic acids is 2. The van der Waals surface area contributed by atoms with Crippen molar-refractivity contribution < 1.29 is 54.0 Å². The molecule has 0 aromatic rings. The maximum atomic E-state index is 13.2. The molecule has 5 amide bonds. The highest BCUT2D eigenvalue weighted by molar-refractivity contribution is 5.96. The van der Waals surface area contributed by atoms with E-state index >= 15 is 0 Å². The minimum atomic E-state index is -1.78. The van der Waals surface area contributed by atoms with Crippen molar-refractivity contribution in [1.82, 2.24) is 26.6 Å². The summed E-state index contributed by atoms with van der Waals surface area (Å²) in [5.41, 5.74) is 16.3. The van der Waals surface area contributed by atoms with E-state index in [4.69, 9.17) is 27.4 Å². The Hall–Kier alpha value is -4.56. The number of carbonyl (C=O) groups is 7. The van der Waals surface area contributed by atoms with E-state index in [1.165, 1.54) is 6.92 Å². The molecule has 0 radical (unpaired) electrons. The summed E-state index contributed by atoms with van der Waals surface area (Å²) in [7, 11) is 0. The summed E-state index contributed by atoms with van der Waals surface area (Å²) in [6.45, 7) is 4.76. The van der Waals surface area contributed by atoms with Crippen molar-refractivity contribution in [3.8, 4) is 0 Å². The van der Waals surface area contributed by atoms with Gasteiger partial charge in [0.2, 0.25) is 29.5 Å². The quantitative estimate of drug-likeness (QED) is 0.0333. The van der Waals surface area contributed by atoms with Gasteiger partial charge in [0, 0.05) is 6.54 Å². The van der Waals surface area contributed by atoms with Crippen LogP contribution in [-0.4, -0.2) is 123 Å². The fourth-order valence-corrected chi connectivity index (χ4v) is 3.55. The number of aliphatic hydroxyl groups is 2. The summed E-state index contributed by atoms with van der Waals surface area (Å²) >= 11 is 0. The number of nitrogens with one attached hydrogen (secondary N) is 5. The molecule has 20 nitrogen and oxygen atoms in total. The molecule has 7 atom stereocenters. The van der Waals surface area contributed by atoms with Crippen molar-refractivity contribution in [3.63, 3.8) is 0 Å². The summed E-state index contributed by atoms with van der Waals surface area (Å²) < 4.78 is 0. The molecule has 256 valence electrons. The second-order valence-electron chi connectivity index (χ2n) is 10.5. The van der Waals surface area contributed by atoms with Crippen LogP contribution in [0, 0.1) is 5.92 Å². The van der Waals surface area contributed by atoms with E-state index in [1.54, 1.807) is 13.8 Å². The van der Waals surface area contributed by atoms with E-state index in [9.17, 15) is 43.8 Å². The predicted octanol–water partition coefficient (Wildman–Crippen LogP) is -5.60. The Morgan fingerprint density at radius 3 is 1.73 bits per heavy atom. The van der Waals surface area contributed by atoms with Gasteiger partial charge in [0.15, 0.2) is 5.96 Å². The van der Waals surface area contributed by atoms with Crippen LogP contribution in [0.3, 0.4) is 0 Å². The number of nitrogens with zero attached hydrogens (tertiary/aromatic N) is 1. The Kier molecular flexibility index (Phi) is 17.7. The normalized spacial score (nSPS) is 15.6. The maximum absolute atomic E-state index is 13.2. The molecular weight excluding hydrogens is 602 g/mol. The first-order chi connectivity index (χ1) is 20.8. The van der Waals surface area contributed by atoms with E-state index in [2.05, 4.69) is 26.3 Å². The Morgan fingerprint density at radius 1 is 0.733 bits per heavy atom. The summed E-state index contributed by atoms with van der Waals surface area (Å²) in [4.78, 5) is 89.7. The number of aliphatic imine (C=N–C) groups is 1. The van der Waals surface area contributed by atoms with Crippen molar-refractivity contribution in [2.45, 2.75) is 89.3 Å². The SMILES string of the molecule is CC(C)[C@H](NC(=O)[C@@H](N)[C@@H](C)O)C(=O)N[C@H](CCCN=C(N)N)C(=O)N[C@H](CO)C(=O)N[C@@H](C)C(=O)N[C@@H](CC(=O)O)C(=O)O. The zero-order chi connectivity index (χ0) is 35.0. The minimum absolute atomic E-state index is 0.0608. The maximum Gasteiger partial charge on any atom is 0.326 e. The summed E-state index contributed by atoms with van der Waals surface area (Å²) in [5.74, 6) is -8.52. The van der Waals surface area contributed by atoms with Crippen molar-refractivity contribution in [2.24, 2.45) is 28.1 Å². The molecule has 45 heavy (non-hydrogen) atoms. The van der Waals surface area contributed by atoms with Crippen LogP contribution in [0.5, 0.6) is 0 Å². The standard InChI is InChI=1S/C25H45N9O11/c1-10(2)18(34-22(42)17(26)12(4)36)23(43)31-13(6-5-7-29-25(27)28)20(40)33-15(9-35)21(41)30-11(3)19(39)32-14(24(44)45)8-16(37)38/h10-15,17-18,35-36H,5-9,26H2,1-4H3,(H,30,41)(H,31,43)(H,32,39)(H,33,40)(H,34,42)(H,37,38)(H,44,45)(H4,27,28,29)/t11-,12+,13+,14-,15+,17-,18-/m0/s1. The lowest BCUT2D eigenvalue weighted by atomic mass is 10.0. The lowest BCUT2D eigenvalue weighted by molar-refractivity contribution is -0.147. The van der Waals surface area contributed by atoms with Gasteiger partial charge in [-0.25, -0.2) is 4.79 Å². The predicted molar refractivity (Wildman–Crippen MR) is 157 cm³/mol. The van der Waals surface area contributed by atoms with Gasteiger partial charge in [-0.2, -0.15) is 0 Å². The molecule has 0 aliphatic heterocycles. The molecule has 15 N–H and O–H groups in total. The van der Waals surface area contributed by atoms with Crippen molar-refractivity contribution >= 4 is 47.4 Å². The molecule has 0 aromatic carbocycles. The first-order valence-electron chi connectivity index (χ1n) is 13.9. The third-order valence-corrected chi connectivity index (χ3v) is 6.21. The first kappa shape index (κ1) is 40.4. The number of rotatable bonds is 20. The molecule has 0 bridgehead atoms. The van der Waals surface area contributed by atoms with Crippen LogP contribution in [0.2, 0.25) is 0 Å². The number of aliphatic carboxylic acids is 2. The number of carboxylic acid groups (broad SMARTS) is 2. The molecule has 0 aliphatic rings. The molecule has 0 saturated heterocycles. The van der Waals surface area contributed by atoms with Crippen LogP contribution in [0.15, 0.2) is 4.99 Å². The fourth-order valence-electron chi connectivity index (χ4n) is 3.55. The minimum Gasteiger partial charge on any atom is -0.481 e. The van der Waals surface area contributed by atoms with Gasteiger partial charge < -0.3 is 64.2 Å². The Labute approximate surface area is 258 Å². The van der Waals surface area contributed by atoms with Gasteiger partial charge in [0.25, 0.3) is 0 Å². The van der Waals surface area contributed by atoms with Crippen LogP contribution < -0.4 is 43.8 Å². The van der Waals surface area contributed by atoms with Crippen molar-refractivity contribution in [1.29, 1.82) is 0 Å². The number of aliphatic hydroxyl groups excluding tert-OH is 2. The third-order valence-electron chi connectivity index (χ3n) is 6.21. The zero-order valence-electron chi connectivity index (χ0n) is 25.5. The zero-order valence-corrected chi connectivity index (χ0v) is 25.5. The molecule has 0 aliphatic carbocycles. The molecule has 20 heteroatoms. The van der Waals surface area contributed by atoms with Gasteiger partial charge in [-0.05, 0) is 32.6 Å². The second kappa shape index (κ2) is 19.7. The molecule has 0 saturated carbocycles. The van der Waals surface area contributed by atoms with Gasteiger partial charge in [-0.3, -0.25) is 33.8 Å². The summed E-state index contributed by atoms with van der Waals surface area (Å²) in [5, 5.41) is 48.6. The van der Waals surface area contributed by atoms with Crippen LogP contribution in [0.1, 0.15) is 47.0 Å². The fraction of sp³-hybridized carbons (Fsp3) is 0.680. The monoisotopic (exact) mass is 647 g/mol. The topological polar surface area (TPSA) is 351 Å². The second-order valence-corrected chi connectivity index (χ2v) is 10.5. The van der Waals surface area contributed by atoms with Gasteiger partial charge in [-0.1, -0.05) is 13.8 Å². The van der Waals surface area contributed by atoms with Gasteiger partial charge >= 0.3 is 11.9 Å². The Morgan fingerprint density at radius 2 is 1.27 bits per heavy atom. The smallest absolute Gasteiger partial charge is 0.326 e. The van der Waals surface area contributed by atoms with Gasteiger partial charge in [0.1, 0.15) is 36.3 Å². The van der Waals surface area contributed by atoms with Crippen LogP contribution in [0.25, 0.3) is 0 Å². The van der Waals surface area contributed by atoms with E-state index in [-0.39, 0.29) is 25.3 Å². The Balaban J connectivity index is 5.74. The van der Waals surface area contributed by atoms with Gasteiger partial charge in [0.05, 0.1) is 19.1 Å². The Bertz CT molecular complexity index is 1100. The highest BCUT2D eigenvalue weighted by Gasteiger charge is 2.33. The number of nitrogens with two attached hydrogens (primary N) is 3. The molecule has 0 unspecified atom stereocenters. The number of carbonyl (C=O) groups excluding carboxylic acids is 5. The average molecular weight is 648 g/mol. The molecule has 0 fully saturated rings. The van der Waals surface area contributed by atoms with E-state index in [0.717, 1.165) is 6.92 Å². The first-order valence-corrected chi connectivity index (χ1v) is 13.9. The van der Waals surface area contributed by atoms with E-state index in [1.807, 2.05) is 5.32 Å². The number of hydrogen-bond donors (Lipinski definition) is 12. The average Bonchev–Trinajstić information content (AvgIpc) is 2.93. The van der Waals surface area contributed by atoms with Crippen molar-refractivity contribution in [2.75, 3.05) is 13.2 Å². The number of guanidine groups is 1. The van der Waals surface area contributed by atoms with E-state index in [0.29, 0.717) is 0 Å². The van der Waals surface area contributed by atoms with Crippen molar-refractivity contribution in [3.05, 3.63) is 0 Å². The third kappa shape index (κ3) is 15.1. The highest BCUT2D eigenvalue weighted by Crippen LogP contribution is 2.07. The lowest BCUT2D eigenvalue weighted by Crippen LogP contribution is -2.60. The molecular formula is C25H45N9O11. The largest absolute Gasteiger partial charge is 0.481 e. The summed E-state index contributed by atoms with van der Waals surface area (Å²) in [6.07, 6.45) is -2.05. The number of hydrogen-bond acceptors (Lipinski definition) is 11. The number of amides is 5. The molecule has 0 aromatic heterocycles. The van der Waals surface area contributed by atoms with Gasteiger partial charge in [-0.15, -0.1) is 0 Å². The molecule has 0 rings (SSSR count). The highest BCUT2D eigenvalue weighted by atomic mass is 16.4. The van der Waals surface area contributed by atoms with Crippen LogP contribution in [-0.2, 0) is 33.6 Å². The van der Waals surface area contributed by atoms with Crippen LogP contribution in [0.4, 0.5) is 0 Å². The summed E-state index contributed by atoms with van der Waals surface area (Å²) in [6, 6.07) is -8.72. The lowest BCUT2D eigenvalue weighted by Gasteiger charge is -2.27. The molecule has 0 spiro atoms. The molecule has 0 heterocycles. The van der Waals surface area contributed by atoms with E-state index < -0.39 is 103 Å².